The van der Waals surface area contributed by atoms with Crippen molar-refractivity contribution in [3.8, 4) is 0 Å². The predicted molar refractivity (Wildman–Crippen MR) is 74.5 cm³/mol. The topological polar surface area (TPSA) is 110 Å². The SMILES string of the molecule is N/C(=N\NS(=O)(=O)c1ccc(Cl)cc1)c1cnccn1. The fourth-order valence-electron chi connectivity index (χ4n) is 1.26. The molecule has 0 amide bonds. The van der Waals surface area contributed by atoms with Gasteiger partial charge < -0.3 is 5.73 Å². The first kappa shape index (κ1) is 14.2. The van der Waals surface area contributed by atoms with Crippen LogP contribution in [0.4, 0.5) is 0 Å². The number of amidine groups is 1. The van der Waals surface area contributed by atoms with Crippen molar-refractivity contribution in [3.63, 3.8) is 0 Å². The van der Waals surface area contributed by atoms with Gasteiger partial charge in [-0.25, -0.2) is 4.98 Å². The molecule has 0 aliphatic carbocycles. The van der Waals surface area contributed by atoms with Crippen molar-refractivity contribution >= 4 is 27.5 Å². The number of rotatable bonds is 4. The van der Waals surface area contributed by atoms with Gasteiger partial charge in [-0.2, -0.15) is 13.2 Å². The summed E-state index contributed by atoms with van der Waals surface area (Å²) in [4.78, 5) is 9.74. The van der Waals surface area contributed by atoms with Crippen LogP contribution >= 0.6 is 11.6 Å². The quantitative estimate of drug-likeness (QED) is 0.491. The Morgan fingerprint density at radius 2 is 1.95 bits per heavy atom. The summed E-state index contributed by atoms with van der Waals surface area (Å²) >= 11 is 5.69. The molecule has 3 N–H and O–H groups in total. The first-order valence-electron chi connectivity index (χ1n) is 5.36. The molecular formula is C11H10ClN5O2S. The molecule has 1 heterocycles. The molecule has 0 atom stereocenters. The van der Waals surface area contributed by atoms with Gasteiger partial charge in [0.25, 0.3) is 10.0 Å². The summed E-state index contributed by atoms with van der Waals surface area (Å²) in [6.07, 6.45) is 4.26. The Hall–Kier alpha value is -2.19. The van der Waals surface area contributed by atoms with Gasteiger partial charge in [0.15, 0.2) is 5.84 Å². The molecule has 0 fully saturated rings. The Morgan fingerprint density at radius 1 is 1.25 bits per heavy atom. The van der Waals surface area contributed by atoms with Crippen molar-refractivity contribution in [2.45, 2.75) is 4.90 Å². The van der Waals surface area contributed by atoms with Crippen LogP contribution in [0.25, 0.3) is 0 Å². The van der Waals surface area contributed by atoms with E-state index in [0.29, 0.717) is 5.02 Å². The minimum atomic E-state index is -3.80. The highest BCUT2D eigenvalue weighted by Gasteiger charge is 2.13. The molecule has 1 aromatic carbocycles. The van der Waals surface area contributed by atoms with E-state index < -0.39 is 10.0 Å². The van der Waals surface area contributed by atoms with Gasteiger partial charge in [-0.3, -0.25) is 4.98 Å². The first-order valence-corrected chi connectivity index (χ1v) is 7.22. The lowest BCUT2D eigenvalue weighted by molar-refractivity contribution is 0.584. The van der Waals surface area contributed by atoms with E-state index in [1.807, 2.05) is 4.83 Å². The standard InChI is InChI=1S/C11H10ClN5O2S/c12-8-1-3-9(4-2-8)20(18,19)17-16-11(13)10-7-14-5-6-15-10/h1-7,17H,(H2,13,16). The van der Waals surface area contributed by atoms with Gasteiger partial charge in [0.1, 0.15) is 5.69 Å². The molecule has 2 rings (SSSR count). The van der Waals surface area contributed by atoms with Crippen molar-refractivity contribution in [2.24, 2.45) is 10.8 Å². The van der Waals surface area contributed by atoms with Crippen LogP contribution in [0.5, 0.6) is 0 Å². The van der Waals surface area contributed by atoms with Crippen molar-refractivity contribution in [2.75, 3.05) is 0 Å². The van der Waals surface area contributed by atoms with E-state index in [2.05, 4.69) is 15.1 Å². The number of hydrogen-bond donors (Lipinski definition) is 2. The second-order valence-corrected chi connectivity index (χ2v) is 5.73. The minimum absolute atomic E-state index is 0.0256. The number of aromatic nitrogens is 2. The summed E-state index contributed by atoms with van der Waals surface area (Å²) in [6.45, 7) is 0. The van der Waals surface area contributed by atoms with Gasteiger partial charge in [0.2, 0.25) is 0 Å². The van der Waals surface area contributed by atoms with Crippen LogP contribution in [0, 0.1) is 0 Å². The maximum atomic E-state index is 11.9. The van der Waals surface area contributed by atoms with E-state index in [9.17, 15) is 8.42 Å². The lowest BCUT2D eigenvalue weighted by atomic mass is 10.4. The molecular weight excluding hydrogens is 302 g/mol. The van der Waals surface area contributed by atoms with E-state index in [-0.39, 0.29) is 16.4 Å². The summed E-state index contributed by atoms with van der Waals surface area (Å²) in [7, 11) is -3.80. The molecule has 0 saturated carbocycles. The smallest absolute Gasteiger partial charge is 0.276 e. The van der Waals surface area contributed by atoms with Crippen molar-refractivity contribution in [1.29, 1.82) is 0 Å². The first-order chi connectivity index (χ1) is 9.49. The Labute approximate surface area is 120 Å². The van der Waals surface area contributed by atoms with E-state index in [4.69, 9.17) is 17.3 Å². The van der Waals surface area contributed by atoms with Crippen molar-refractivity contribution in [3.05, 3.63) is 53.6 Å². The summed E-state index contributed by atoms with van der Waals surface area (Å²) in [5.74, 6) is -0.0874. The Kier molecular flexibility index (Phi) is 4.16. The lowest BCUT2D eigenvalue weighted by Gasteiger charge is -2.04. The van der Waals surface area contributed by atoms with E-state index in [1.54, 1.807) is 0 Å². The van der Waals surface area contributed by atoms with Crippen LogP contribution in [-0.2, 0) is 10.0 Å². The molecule has 7 nitrogen and oxygen atoms in total. The highest BCUT2D eigenvalue weighted by atomic mass is 35.5. The highest BCUT2D eigenvalue weighted by molar-refractivity contribution is 7.89. The molecule has 0 spiro atoms. The van der Waals surface area contributed by atoms with Gasteiger partial charge >= 0.3 is 0 Å². The molecule has 2 aromatic rings. The fourth-order valence-corrected chi connectivity index (χ4v) is 2.21. The van der Waals surface area contributed by atoms with Crippen molar-refractivity contribution < 1.29 is 8.42 Å². The molecule has 9 heteroatoms. The van der Waals surface area contributed by atoms with E-state index >= 15 is 0 Å². The van der Waals surface area contributed by atoms with Crippen LogP contribution < -0.4 is 10.6 Å². The number of nitrogens with one attached hydrogen (secondary N) is 1. The Balaban J connectivity index is 2.19. The fraction of sp³-hybridized carbons (Fsp3) is 0. The van der Waals surface area contributed by atoms with E-state index in [1.165, 1.54) is 42.9 Å². The Bertz CT molecular complexity index is 716. The van der Waals surface area contributed by atoms with Crippen LogP contribution in [0.2, 0.25) is 5.02 Å². The molecule has 0 bridgehead atoms. The molecule has 104 valence electrons. The van der Waals surface area contributed by atoms with Gasteiger partial charge in [-0.15, -0.1) is 5.10 Å². The molecule has 20 heavy (non-hydrogen) atoms. The molecule has 0 radical (unpaired) electrons. The van der Waals surface area contributed by atoms with Crippen LogP contribution in [0.3, 0.4) is 0 Å². The largest absolute Gasteiger partial charge is 0.380 e. The third-order valence-electron chi connectivity index (χ3n) is 2.24. The van der Waals surface area contributed by atoms with Gasteiger partial charge in [0.05, 0.1) is 11.1 Å². The van der Waals surface area contributed by atoms with Gasteiger partial charge in [-0.1, -0.05) is 11.6 Å². The average molecular weight is 312 g/mol. The summed E-state index contributed by atoms with van der Waals surface area (Å²) in [6, 6.07) is 5.65. The molecule has 0 saturated heterocycles. The van der Waals surface area contributed by atoms with Gasteiger partial charge in [-0.05, 0) is 24.3 Å². The number of sulfonamides is 1. The maximum Gasteiger partial charge on any atom is 0.276 e. The van der Waals surface area contributed by atoms with Crippen molar-refractivity contribution in [1.82, 2.24) is 14.8 Å². The summed E-state index contributed by atoms with van der Waals surface area (Å²) in [5.41, 5.74) is 5.87. The number of nitrogens with zero attached hydrogens (tertiary/aromatic N) is 3. The molecule has 0 aliphatic heterocycles. The lowest BCUT2D eigenvalue weighted by Crippen LogP contribution is -2.24. The van der Waals surface area contributed by atoms with Crippen LogP contribution in [0.1, 0.15) is 5.69 Å². The number of hydrazone groups is 1. The number of benzene rings is 1. The highest BCUT2D eigenvalue weighted by Crippen LogP contribution is 2.13. The average Bonchev–Trinajstić information content (AvgIpc) is 2.46. The molecule has 0 aliphatic rings. The zero-order valence-electron chi connectivity index (χ0n) is 10.1. The number of hydrogen-bond acceptors (Lipinski definition) is 5. The molecule has 0 unspecified atom stereocenters. The molecule has 1 aromatic heterocycles. The van der Waals surface area contributed by atoms with Crippen LogP contribution in [-0.4, -0.2) is 24.2 Å². The monoisotopic (exact) mass is 311 g/mol. The maximum absolute atomic E-state index is 11.9. The second-order valence-electron chi connectivity index (χ2n) is 3.64. The zero-order chi connectivity index (χ0) is 14.6. The Morgan fingerprint density at radius 3 is 2.55 bits per heavy atom. The minimum Gasteiger partial charge on any atom is -0.380 e. The summed E-state index contributed by atoms with van der Waals surface area (Å²) in [5, 5.41) is 4.02. The third-order valence-corrected chi connectivity index (χ3v) is 3.71. The van der Waals surface area contributed by atoms with Gasteiger partial charge in [0, 0.05) is 17.4 Å². The number of nitrogens with two attached hydrogens (primary N) is 1. The normalized spacial score (nSPS) is 12.2. The summed E-state index contributed by atoms with van der Waals surface area (Å²) < 4.78 is 23.9. The second kappa shape index (κ2) is 5.85. The predicted octanol–water partition coefficient (Wildman–Crippen LogP) is 0.729. The zero-order valence-corrected chi connectivity index (χ0v) is 11.6. The number of halogens is 1. The third kappa shape index (κ3) is 3.43. The van der Waals surface area contributed by atoms with E-state index in [0.717, 1.165) is 0 Å². The van der Waals surface area contributed by atoms with Crippen LogP contribution in [0.15, 0.2) is 52.9 Å².